The average molecular weight is 291 g/mol. The van der Waals surface area contributed by atoms with Crippen LogP contribution in [0.2, 0.25) is 0 Å². The average Bonchev–Trinajstić information content (AvgIpc) is 2.56. The maximum absolute atomic E-state index is 11.6. The summed E-state index contributed by atoms with van der Waals surface area (Å²) in [5.74, 6) is 1.39. The maximum atomic E-state index is 11.6. The van der Waals surface area contributed by atoms with Gasteiger partial charge in [-0.25, -0.2) is 8.42 Å². The molecule has 1 aromatic heterocycles. The number of nitrogens with two attached hydrogens (primary N) is 1. The van der Waals surface area contributed by atoms with Gasteiger partial charge in [-0.2, -0.15) is 4.37 Å². The predicted molar refractivity (Wildman–Crippen MR) is 73.2 cm³/mol. The van der Waals surface area contributed by atoms with Crippen molar-refractivity contribution in [3.8, 4) is 5.75 Å². The molecule has 0 atom stereocenters. The van der Waals surface area contributed by atoms with Crippen molar-refractivity contribution in [2.45, 2.75) is 13.3 Å². The standard InChI is InChI=1S/C10H17N3O3S2/c1-2-16-8-9(11)12-17-10(8)13-4-3-6-18(14,15)7-5-13/h2-7H2,1H3,(H2,11,12). The van der Waals surface area contributed by atoms with Crippen molar-refractivity contribution in [2.75, 3.05) is 41.8 Å². The molecule has 102 valence electrons. The number of sulfone groups is 1. The van der Waals surface area contributed by atoms with Crippen molar-refractivity contribution in [3.63, 3.8) is 0 Å². The van der Waals surface area contributed by atoms with E-state index in [2.05, 4.69) is 4.37 Å². The number of hydrogen-bond acceptors (Lipinski definition) is 7. The summed E-state index contributed by atoms with van der Waals surface area (Å²) in [7, 11) is -2.91. The Morgan fingerprint density at radius 1 is 1.44 bits per heavy atom. The smallest absolute Gasteiger partial charge is 0.197 e. The van der Waals surface area contributed by atoms with Crippen LogP contribution in [-0.4, -0.2) is 44.0 Å². The zero-order valence-corrected chi connectivity index (χ0v) is 11.9. The van der Waals surface area contributed by atoms with E-state index in [-0.39, 0.29) is 11.5 Å². The van der Waals surface area contributed by atoms with E-state index in [0.29, 0.717) is 37.7 Å². The largest absolute Gasteiger partial charge is 0.487 e. The van der Waals surface area contributed by atoms with Gasteiger partial charge in [0.2, 0.25) is 0 Å². The molecular formula is C10H17N3O3S2. The molecule has 0 bridgehead atoms. The number of ether oxygens (including phenoxy) is 1. The number of rotatable bonds is 3. The van der Waals surface area contributed by atoms with E-state index in [1.54, 1.807) is 0 Å². The van der Waals surface area contributed by atoms with E-state index < -0.39 is 9.84 Å². The lowest BCUT2D eigenvalue weighted by Crippen LogP contribution is -2.26. The van der Waals surface area contributed by atoms with Crippen molar-refractivity contribution in [2.24, 2.45) is 0 Å². The molecule has 0 aromatic carbocycles. The summed E-state index contributed by atoms with van der Waals surface area (Å²) in [6.45, 7) is 3.57. The van der Waals surface area contributed by atoms with Crippen molar-refractivity contribution < 1.29 is 13.2 Å². The summed E-state index contributed by atoms with van der Waals surface area (Å²) < 4.78 is 32.7. The van der Waals surface area contributed by atoms with Crippen LogP contribution in [0.25, 0.3) is 0 Å². The van der Waals surface area contributed by atoms with Crippen LogP contribution in [-0.2, 0) is 9.84 Å². The highest BCUT2D eigenvalue weighted by Crippen LogP contribution is 2.38. The van der Waals surface area contributed by atoms with Gasteiger partial charge in [0, 0.05) is 13.1 Å². The van der Waals surface area contributed by atoms with E-state index in [0.717, 1.165) is 5.00 Å². The van der Waals surface area contributed by atoms with E-state index >= 15 is 0 Å². The molecule has 0 saturated carbocycles. The summed E-state index contributed by atoms with van der Waals surface area (Å²) >= 11 is 1.26. The Hall–Kier alpha value is -1.02. The summed E-state index contributed by atoms with van der Waals surface area (Å²) in [5.41, 5.74) is 5.76. The van der Waals surface area contributed by atoms with Crippen LogP contribution in [0.5, 0.6) is 5.75 Å². The lowest BCUT2D eigenvalue weighted by atomic mass is 10.4. The lowest BCUT2D eigenvalue weighted by Gasteiger charge is -2.20. The second-order valence-corrected chi connectivity index (χ2v) is 7.18. The summed E-state index contributed by atoms with van der Waals surface area (Å²) in [6, 6.07) is 0. The van der Waals surface area contributed by atoms with Gasteiger partial charge < -0.3 is 15.4 Å². The third kappa shape index (κ3) is 2.86. The highest BCUT2D eigenvalue weighted by atomic mass is 32.2. The first-order valence-electron chi connectivity index (χ1n) is 5.87. The lowest BCUT2D eigenvalue weighted by molar-refractivity contribution is 0.343. The van der Waals surface area contributed by atoms with Gasteiger partial charge in [-0.05, 0) is 24.9 Å². The Labute approximate surface area is 111 Å². The normalized spacial score (nSPS) is 19.5. The molecule has 0 aliphatic carbocycles. The molecule has 1 aromatic rings. The Morgan fingerprint density at radius 3 is 2.94 bits per heavy atom. The van der Waals surface area contributed by atoms with Gasteiger partial charge in [0.1, 0.15) is 0 Å². The third-order valence-corrected chi connectivity index (χ3v) is 5.41. The van der Waals surface area contributed by atoms with Crippen LogP contribution >= 0.6 is 11.5 Å². The molecule has 2 N–H and O–H groups in total. The minimum atomic E-state index is -2.91. The van der Waals surface area contributed by atoms with E-state index in [1.807, 2.05) is 11.8 Å². The first-order chi connectivity index (χ1) is 8.53. The molecule has 8 heteroatoms. The Kier molecular flexibility index (Phi) is 3.96. The first kappa shape index (κ1) is 13.4. The predicted octanol–water partition coefficient (Wildman–Crippen LogP) is 0.749. The van der Waals surface area contributed by atoms with Gasteiger partial charge in [0.15, 0.2) is 26.4 Å². The van der Waals surface area contributed by atoms with Crippen LogP contribution in [0.15, 0.2) is 0 Å². The molecule has 2 heterocycles. The Bertz CT molecular complexity index is 512. The minimum Gasteiger partial charge on any atom is -0.487 e. The summed E-state index contributed by atoms with van der Waals surface area (Å²) in [4.78, 5) is 2.00. The van der Waals surface area contributed by atoms with Gasteiger partial charge in [-0.15, -0.1) is 0 Å². The highest BCUT2D eigenvalue weighted by Gasteiger charge is 2.24. The van der Waals surface area contributed by atoms with E-state index in [9.17, 15) is 8.42 Å². The van der Waals surface area contributed by atoms with Crippen LogP contribution in [0, 0.1) is 0 Å². The second-order valence-electron chi connectivity index (χ2n) is 4.13. The van der Waals surface area contributed by atoms with Crippen LogP contribution in [0.1, 0.15) is 13.3 Å². The molecule has 0 unspecified atom stereocenters. The van der Waals surface area contributed by atoms with Crippen molar-refractivity contribution >= 4 is 32.2 Å². The van der Waals surface area contributed by atoms with E-state index in [4.69, 9.17) is 10.5 Å². The van der Waals surface area contributed by atoms with Crippen molar-refractivity contribution in [1.29, 1.82) is 0 Å². The van der Waals surface area contributed by atoms with E-state index in [1.165, 1.54) is 11.5 Å². The molecular weight excluding hydrogens is 274 g/mol. The maximum Gasteiger partial charge on any atom is 0.197 e. The van der Waals surface area contributed by atoms with Gasteiger partial charge in [-0.3, -0.25) is 0 Å². The fourth-order valence-electron chi connectivity index (χ4n) is 1.91. The fourth-order valence-corrected chi connectivity index (χ4v) is 3.99. The quantitative estimate of drug-likeness (QED) is 0.884. The summed E-state index contributed by atoms with van der Waals surface area (Å²) in [6.07, 6.45) is 0.631. The van der Waals surface area contributed by atoms with Gasteiger partial charge >= 0.3 is 0 Å². The molecule has 1 aliphatic heterocycles. The molecule has 0 radical (unpaired) electrons. The van der Waals surface area contributed by atoms with Crippen molar-refractivity contribution in [1.82, 2.24) is 4.37 Å². The first-order valence-corrected chi connectivity index (χ1v) is 8.46. The fraction of sp³-hybridized carbons (Fsp3) is 0.700. The van der Waals surface area contributed by atoms with Crippen LogP contribution in [0.4, 0.5) is 10.8 Å². The van der Waals surface area contributed by atoms with Gasteiger partial charge in [0.25, 0.3) is 0 Å². The number of nitrogen functional groups attached to an aromatic ring is 1. The molecule has 18 heavy (non-hydrogen) atoms. The monoisotopic (exact) mass is 291 g/mol. The van der Waals surface area contributed by atoms with Gasteiger partial charge in [-0.1, -0.05) is 0 Å². The van der Waals surface area contributed by atoms with Gasteiger partial charge in [0.05, 0.1) is 18.1 Å². The Balaban J connectivity index is 2.21. The zero-order chi connectivity index (χ0) is 13.2. The van der Waals surface area contributed by atoms with Crippen molar-refractivity contribution in [3.05, 3.63) is 0 Å². The molecule has 1 fully saturated rings. The Morgan fingerprint density at radius 2 is 2.22 bits per heavy atom. The summed E-state index contributed by atoms with van der Waals surface area (Å²) in [5, 5.41) is 0.839. The number of nitrogens with zero attached hydrogens (tertiary/aromatic N) is 2. The highest BCUT2D eigenvalue weighted by molar-refractivity contribution is 7.91. The SMILES string of the molecule is CCOc1c(N)nsc1N1CCCS(=O)(=O)CC1. The molecule has 6 nitrogen and oxygen atoms in total. The zero-order valence-electron chi connectivity index (χ0n) is 10.3. The van der Waals surface area contributed by atoms with Crippen LogP contribution < -0.4 is 15.4 Å². The molecule has 1 aliphatic rings. The molecule has 0 amide bonds. The number of aromatic nitrogens is 1. The minimum absolute atomic E-state index is 0.177. The number of anilines is 2. The third-order valence-electron chi connectivity index (χ3n) is 2.79. The molecule has 0 spiro atoms. The second kappa shape index (κ2) is 5.31. The molecule has 1 saturated heterocycles. The topological polar surface area (TPSA) is 85.5 Å². The van der Waals surface area contributed by atoms with Crippen LogP contribution in [0.3, 0.4) is 0 Å². The molecule has 2 rings (SSSR count). The number of hydrogen-bond donors (Lipinski definition) is 1.